The molecule has 1 unspecified atom stereocenters. The van der Waals surface area contributed by atoms with E-state index in [1.165, 1.54) is 25.8 Å². The fourth-order valence-corrected chi connectivity index (χ4v) is 1.67. The van der Waals surface area contributed by atoms with E-state index in [4.69, 9.17) is 0 Å². The summed E-state index contributed by atoms with van der Waals surface area (Å²) in [5.41, 5.74) is 0.502. The van der Waals surface area contributed by atoms with Gasteiger partial charge in [-0.15, -0.1) is 0 Å². The van der Waals surface area contributed by atoms with Crippen molar-refractivity contribution in [1.82, 2.24) is 5.32 Å². The molecule has 62 valence electrons. The third kappa shape index (κ3) is 2.70. The quantitative estimate of drug-likeness (QED) is 0.594. The Bertz CT molecular complexity index is 101. The van der Waals surface area contributed by atoms with Gasteiger partial charge in [-0.2, -0.15) is 0 Å². The lowest BCUT2D eigenvalue weighted by atomic mass is 9.88. The van der Waals surface area contributed by atoms with Gasteiger partial charge in [-0.25, -0.2) is 0 Å². The second-order valence-corrected chi connectivity index (χ2v) is 4.56. The van der Waals surface area contributed by atoms with Crippen LogP contribution in [0, 0.1) is 5.41 Å². The van der Waals surface area contributed by atoms with Crippen molar-refractivity contribution in [2.75, 3.05) is 6.54 Å². The fourth-order valence-electron chi connectivity index (χ4n) is 1.67. The van der Waals surface area contributed by atoms with E-state index < -0.39 is 0 Å². The third-order valence-electron chi connectivity index (χ3n) is 2.02. The van der Waals surface area contributed by atoms with Crippen molar-refractivity contribution in [2.24, 2.45) is 5.41 Å². The van der Waals surface area contributed by atoms with Crippen LogP contribution < -0.4 is 5.32 Å². The van der Waals surface area contributed by atoms with Gasteiger partial charge in [0.25, 0.3) is 0 Å². The molecule has 0 bridgehead atoms. The van der Waals surface area contributed by atoms with Crippen LogP contribution in [0.4, 0.5) is 0 Å². The van der Waals surface area contributed by atoms with Gasteiger partial charge in [0.15, 0.2) is 0 Å². The summed E-state index contributed by atoms with van der Waals surface area (Å²) < 4.78 is 0. The van der Waals surface area contributed by atoms with Gasteiger partial charge in [-0.05, 0) is 31.2 Å². The first kappa shape index (κ1) is 8.06. The van der Waals surface area contributed by atoms with Gasteiger partial charge in [0.1, 0.15) is 0 Å². The topological polar surface area (TPSA) is 12.0 Å². The van der Waals surface area contributed by atoms with Crippen LogP contribution in [0.15, 0.2) is 0 Å². The van der Waals surface area contributed by atoms with Crippen LogP contribution in [0.5, 0.6) is 0 Å². The Morgan fingerprint density at radius 3 is 2.60 bits per heavy atom. The molecule has 0 amide bonds. The zero-order chi connectivity index (χ0) is 7.61. The van der Waals surface area contributed by atoms with E-state index in [0.29, 0.717) is 5.41 Å². The van der Waals surface area contributed by atoms with Crippen molar-refractivity contribution in [1.29, 1.82) is 0 Å². The predicted molar refractivity (Wildman–Crippen MR) is 47.2 cm³/mol. The van der Waals surface area contributed by atoms with Gasteiger partial charge >= 0.3 is 0 Å². The number of rotatable bonds is 1. The average Bonchev–Trinajstić information content (AvgIpc) is 2.12. The van der Waals surface area contributed by atoms with Crippen LogP contribution in [0.2, 0.25) is 0 Å². The molecule has 1 saturated heterocycles. The maximum absolute atomic E-state index is 3.51. The summed E-state index contributed by atoms with van der Waals surface area (Å²) in [5, 5.41) is 3.51. The van der Waals surface area contributed by atoms with Gasteiger partial charge in [0, 0.05) is 7.47 Å². The van der Waals surface area contributed by atoms with Crippen molar-refractivity contribution in [3.63, 3.8) is 0 Å². The molecule has 1 N–H and O–H groups in total. The Hall–Kier alpha value is -0.0400. The highest BCUT2D eigenvalue weighted by atomic mass is 14.9. The smallest absolute Gasteiger partial charge is 0.00725 e. The maximum atomic E-state index is 3.51. The molecule has 0 aromatic heterocycles. The standard InChI is InChI=1S/C9H19N.H2/c1-9(2,3)7-8-5-4-6-10-8;/h8,10H,4-7H2,1-3H3;1H. The van der Waals surface area contributed by atoms with Crippen LogP contribution in [0.3, 0.4) is 0 Å². The van der Waals surface area contributed by atoms with Gasteiger partial charge in [0.05, 0.1) is 0 Å². The van der Waals surface area contributed by atoms with Gasteiger partial charge in [-0.1, -0.05) is 20.8 Å². The van der Waals surface area contributed by atoms with E-state index in [1.54, 1.807) is 0 Å². The maximum Gasteiger partial charge on any atom is 0.00725 e. The van der Waals surface area contributed by atoms with Gasteiger partial charge < -0.3 is 5.32 Å². The summed E-state index contributed by atoms with van der Waals surface area (Å²) in [6.45, 7) is 8.17. The van der Waals surface area contributed by atoms with Crippen LogP contribution in [0.1, 0.15) is 41.5 Å². The molecule has 0 saturated carbocycles. The summed E-state index contributed by atoms with van der Waals surface area (Å²) >= 11 is 0. The largest absolute Gasteiger partial charge is 0.314 e. The monoisotopic (exact) mass is 143 g/mol. The molecular formula is C9H21N. The van der Waals surface area contributed by atoms with Crippen molar-refractivity contribution in [2.45, 2.75) is 46.1 Å². The van der Waals surface area contributed by atoms with E-state index in [9.17, 15) is 0 Å². The zero-order valence-corrected chi connectivity index (χ0v) is 7.41. The summed E-state index contributed by atoms with van der Waals surface area (Å²) in [7, 11) is 0. The highest BCUT2D eigenvalue weighted by molar-refractivity contribution is 4.78. The van der Waals surface area contributed by atoms with Crippen molar-refractivity contribution >= 4 is 0 Å². The van der Waals surface area contributed by atoms with Gasteiger partial charge in [-0.3, -0.25) is 0 Å². The minimum atomic E-state index is 0. The molecule has 1 rings (SSSR count). The molecule has 1 heteroatoms. The lowest BCUT2D eigenvalue weighted by Gasteiger charge is -2.22. The van der Waals surface area contributed by atoms with Crippen molar-refractivity contribution < 1.29 is 1.43 Å². The Kier molecular flexibility index (Phi) is 2.35. The third-order valence-corrected chi connectivity index (χ3v) is 2.02. The lowest BCUT2D eigenvalue weighted by Crippen LogP contribution is -2.26. The lowest BCUT2D eigenvalue weighted by molar-refractivity contribution is 0.325. The van der Waals surface area contributed by atoms with Crippen LogP contribution in [0.25, 0.3) is 0 Å². The van der Waals surface area contributed by atoms with Gasteiger partial charge in [0.2, 0.25) is 0 Å². The number of hydrogen-bond acceptors (Lipinski definition) is 1. The second-order valence-electron chi connectivity index (χ2n) is 4.56. The number of nitrogens with one attached hydrogen (secondary N) is 1. The van der Waals surface area contributed by atoms with E-state index in [2.05, 4.69) is 26.1 Å². The summed E-state index contributed by atoms with van der Waals surface area (Å²) in [4.78, 5) is 0. The molecule has 1 aliphatic rings. The minimum Gasteiger partial charge on any atom is -0.314 e. The molecule has 1 fully saturated rings. The molecule has 0 aromatic carbocycles. The molecule has 0 spiro atoms. The first-order chi connectivity index (χ1) is 4.58. The molecule has 0 radical (unpaired) electrons. The summed E-state index contributed by atoms with van der Waals surface area (Å²) in [6.07, 6.45) is 4.09. The molecular weight excluding hydrogens is 122 g/mol. The van der Waals surface area contributed by atoms with Crippen molar-refractivity contribution in [3.8, 4) is 0 Å². The van der Waals surface area contributed by atoms with Crippen LogP contribution in [-0.2, 0) is 0 Å². The average molecular weight is 143 g/mol. The van der Waals surface area contributed by atoms with E-state index in [-0.39, 0.29) is 1.43 Å². The molecule has 1 nitrogen and oxygen atoms in total. The fraction of sp³-hybridized carbons (Fsp3) is 1.00. The SMILES string of the molecule is CC(C)(C)CC1CCCN1.[HH]. The molecule has 10 heavy (non-hydrogen) atoms. The highest BCUT2D eigenvalue weighted by Gasteiger charge is 2.20. The Morgan fingerprint density at radius 1 is 1.50 bits per heavy atom. The van der Waals surface area contributed by atoms with E-state index in [1.807, 2.05) is 0 Å². The van der Waals surface area contributed by atoms with Crippen molar-refractivity contribution in [3.05, 3.63) is 0 Å². The van der Waals surface area contributed by atoms with Crippen LogP contribution >= 0.6 is 0 Å². The molecule has 0 aromatic rings. The molecule has 0 aliphatic carbocycles. The normalized spacial score (nSPS) is 27.3. The second kappa shape index (κ2) is 2.91. The Morgan fingerprint density at radius 2 is 2.20 bits per heavy atom. The summed E-state index contributed by atoms with van der Waals surface area (Å²) in [6, 6.07) is 0.806. The predicted octanol–water partition coefficient (Wildman–Crippen LogP) is 2.42. The van der Waals surface area contributed by atoms with E-state index in [0.717, 1.165) is 6.04 Å². The minimum absolute atomic E-state index is 0. The van der Waals surface area contributed by atoms with E-state index >= 15 is 0 Å². The molecule has 1 aliphatic heterocycles. The zero-order valence-electron chi connectivity index (χ0n) is 7.41. The van der Waals surface area contributed by atoms with Crippen LogP contribution in [-0.4, -0.2) is 12.6 Å². The Labute approximate surface area is 65.7 Å². The summed E-state index contributed by atoms with van der Waals surface area (Å²) in [5.74, 6) is 0. The molecule has 1 heterocycles. The Balaban J connectivity index is 0.000001000. The first-order valence-corrected chi connectivity index (χ1v) is 4.31. The highest BCUT2D eigenvalue weighted by Crippen LogP contribution is 2.24. The first-order valence-electron chi connectivity index (χ1n) is 4.31. The number of hydrogen-bond donors (Lipinski definition) is 1. The molecule has 1 atom stereocenters.